The van der Waals surface area contributed by atoms with Gasteiger partial charge in [-0.1, -0.05) is 121 Å². The van der Waals surface area contributed by atoms with Crippen molar-refractivity contribution in [1.29, 1.82) is 0 Å². The molecule has 0 amide bonds. The first kappa shape index (κ1) is 26.9. The molecule has 0 aliphatic heterocycles. The van der Waals surface area contributed by atoms with Crippen LogP contribution in [0.2, 0.25) is 0 Å². The summed E-state index contributed by atoms with van der Waals surface area (Å²) in [6, 6.07) is 41.0. The van der Waals surface area contributed by atoms with E-state index < -0.39 is 0 Å². The van der Waals surface area contributed by atoms with Crippen LogP contribution in [0.25, 0.3) is 11.1 Å². The lowest BCUT2D eigenvalue weighted by molar-refractivity contribution is 0.0187. The van der Waals surface area contributed by atoms with Crippen molar-refractivity contribution in [2.75, 3.05) is 39.6 Å². The van der Waals surface area contributed by atoms with Crippen LogP contribution in [-0.4, -0.2) is 39.6 Å². The van der Waals surface area contributed by atoms with Gasteiger partial charge < -0.3 is 18.9 Å². The summed E-state index contributed by atoms with van der Waals surface area (Å²) >= 11 is 0. The van der Waals surface area contributed by atoms with Gasteiger partial charge in [0.25, 0.3) is 0 Å². The predicted molar refractivity (Wildman–Crippen MR) is 153 cm³/mol. The van der Waals surface area contributed by atoms with E-state index in [1.807, 2.05) is 85.3 Å². The second-order valence-electron chi connectivity index (χ2n) is 8.49. The summed E-state index contributed by atoms with van der Waals surface area (Å²) in [5.41, 5.74) is 6.56. The van der Waals surface area contributed by atoms with Gasteiger partial charge >= 0.3 is 0 Å². The molecule has 0 bridgehead atoms. The summed E-state index contributed by atoms with van der Waals surface area (Å²) in [5.74, 6) is 0. The van der Waals surface area contributed by atoms with Gasteiger partial charge in [-0.25, -0.2) is 0 Å². The SMILES string of the molecule is C(OCCOCCOCCOC=C(c1ccccc1)c1ccccc1)=C(c1ccccc1)c1ccccc1. The maximum absolute atomic E-state index is 5.81. The van der Waals surface area contributed by atoms with Crippen molar-refractivity contribution < 1.29 is 18.9 Å². The van der Waals surface area contributed by atoms with Crippen LogP contribution in [0.3, 0.4) is 0 Å². The van der Waals surface area contributed by atoms with Crippen LogP contribution in [-0.2, 0) is 18.9 Å². The molecule has 4 rings (SSSR count). The summed E-state index contributed by atoms with van der Waals surface area (Å²) in [6.45, 7) is 2.94. The van der Waals surface area contributed by atoms with E-state index in [0.717, 1.165) is 33.4 Å². The molecule has 0 aliphatic rings. The molecular weight excluding hydrogens is 472 g/mol. The van der Waals surface area contributed by atoms with Gasteiger partial charge in [0, 0.05) is 11.1 Å². The Bertz CT molecular complexity index is 1050. The molecule has 0 fully saturated rings. The van der Waals surface area contributed by atoms with Crippen molar-refractivity contribution in [2.24, 2.45) is 0 Å². The molecule has 0 N–H and O–H groups in total. The highest BCUT2D eigenvalue weighted by Crippen LogP contribution is 2.24. The lowest BCUT2D eigenvalue weighted by Crippen LogP contribution is -2.10. The first-order valence-corrected chi connectivity index (χ1v) is 12.9. The van der Waals surface area contributed by atoms with Crippen LogP contribution in [0.4, 0.5) is 0 Å². The molecule has 0 heterocycles. The molecule has 4 nitrogen and oxygen atoms in total. The lowest BCUT2D eigenvalue weighted by atomic mass is 9.99. The Morgan fingerprint density at radius 3 is 0.921 bits per heavy atom. The number of hydrogen-bond acceptors (Lipinski definition) is 4. The Kier molecular flexibility index (Phi) is 11.3. The van der Waals surface area contributed by atoms with Crippen molar-refractivity contribution in [3.05, 3.63) is 156 Å². The minimum absolute atomic E-state index is 0.471. The van der Waals surface area contributed by atoms with E-state index >= 15 is 0 Å². The Hall–Kier alpha value is -4.12. The van der Waals surface area contributed by atoms with Crippen LogP contribution >= 0.6 is 0 Å². The van der Waals surface area contributed by atoms with E-state index in [4.69, 9.17) is 18.9 Å². The number of rotatable bonds is 15. The normalized spacial score (nSPS) is 10.4. The van der Waals surface area contributed by atoms with Crippen molar-refractivity contribution in [2.45, 2.75) is 0 Å². The van der Waals surface area contributed by atoms with E-state index in [0.29, 0.717) is 39.6 Å². The first-order valence-electron chi connectivity index (χ1n) is 12.9. The standard InChI is InChI=1S/C34H34O4/c1-5-13-29(14-6-1)33(30-15-7-2-8-16-30)27-37-25-23-35-21-22-36-24-26-38-28-34(31-17-9-3-10-18-31)32-19-11-4-12-20-32/h1-20,27-28H,21-26H2. The zero-order chi connectivity index (χ0) is 26.1. The fraction of sp³-hybridized carbons (Fsp3) is 0.176. The van der Waals surface area contributed by atoms with Crippen molar-refractivity contribution in [1.82, 2.24) is 0 Å². The van der Waals surface area contributed by atoms with Gasteiger partial charge in [-0.2, -0.15) is 0 Å². The van der Waals surface area contributed by atoms with E-state index in [2.05, 4.69) is 48.5 Å². The van der Waals surface area contributed by atoms with Crippen molar-refractivity contribution in [3.8, 4) is 0 Å². The molecule has 0 spiro atoms. The molecule has 0 saturated heterocycles. The number of benzene rings is 4. The van der Waals surface area contributed by atoms with E-state index in [9.17, 15) is 0 Å². The predicted octanol–water partition coefficient (Wildman–Crippen LogP) is 7.23. The minimum atomic E-state index is 0.471. The third-order valence-electron chi connectivity index (χ3n) is 5.80. The molecule has 4 aromatic rings. The summed E-state index contributed by atoms with van der Waals surface area (Å²) in [7, 11) is 0. The average Bonchev–Trinajstić information content (AvgIpc) is 2.99. The Morgan fingerprint density at radius 2 is 0.632 bits per heavy atom. The Labute approximate surface area is 225 Å². The smallest absolute Gasteiger partial charge is 0.111 e. The van der Waals surface area contributed by atoms with E-state index in [1.54, 1.807) is 0 Å². The summed E-state index contributed by atoms with van der Waals surface area (Å²) in [4.78, 5) is 0. The molecule has 0 saturated carbocycles. The minimum Gasteiger partial charge on any atom is -0.498 e. The van der Waals surface area contributed by atoms with Crippen molar-refractivity contribution in [3.63, 3.8) is 0 Å². The quantitative estimate of drug-likeness (QED) is 0.126. The van der Waals surface area contributed by atoms with Gasteiger partial charge in [-0.15, -0.1) is 0 Å². The van der Waals surface area contributed by atoms with Crippen LogP contribution < -0.4 is 0 Å². The van der Waals surface area contributed by atoms with E-state index in [1.165, 1.54) is 0 Å². The molecule has 0 aromatic heterocycles. The van der Waals surface area contributed by atoms with Gasteiger partial charge in [-0.3, -0.25) is 0 Å². The second-order valence-corrected chi connectivity index (χ2v) is 8.49. The zero-order valence-corrected chi connectivity index (χ0v) is 21.6. The van der Waals surface area contributed by atoms with Crippen LogP contribution in [0.5, 0.6) is 0 Å². The molecule has 194 valence electrons. The zero-order valence-electron chi connectivity index (χ0n) is 21.6. The largest absolute Gasteiger partial charge is 0.498 e. The highest BCUT2D eigenvalue weighted by molar-refractivity contribution is 5.79. The fourth-order valence-corrected chi connectivity index (χ4v) is 3.90. The summed E-state index contributed by atoms with van der Waals surface area (Å²) in [6.07, 6.45) is 3.63. The highest BCUT2D eigenvalue weighted by atomic mass is 16.6. The summed E-state index contributed by atoms with van der Waals surface area (Å²) < 4.78 is 22.9. The van der Waals surface area contributed by atoms with Crippen LogP contribution in [0.1, 0.15) is 22.3 Å². The molecule has 0 atom stereocenters. The topological polar surface area (TPSA) is 36.9 Å². The van der Waals surface area contributed by atoms with Gasteiger partial charge in [0.15, 0.2) is 0 Å². The highest BCUT2D eigenvalue weighted by Gasteiger charge is 2.06. The molecule has 0 unspecified atom stereocenters. The maximum Gasteiger partial charge on any atom is 0.111 e. The molecule has 4 aromatic carbocycles. The third-order valence-corrected chi connectivity index (χ3v) is 5.80. The average molecular weight is 507 g/mol. The summed E-state index contributed by atoms with van der Waals surface area (Å²) in [5, 5.41) is 0. The van der Waals surface area contributed by atoms with Crippen LogP contribution in [0.15, 0.2) is 134 Å². The van der Waals surface area contributed by atoms with E-state index in [-0.39, 0.29) is 0 Å². The maximum atomic E-state index is 5.81. The molecule has 4 heteroatoms. The van der Waals surface area contributed by atoms with Gasteiger partial charge in [0.1, 0.15) is 13.2 Å². The second kappa shape index (κ2) is 15.9. The molecule has 0 radical (unpaired) electrons. The Morgan fingerprint density at radius 1 is 0.368 bits per heavy atom. The molecular formula is C34H34O4. The number of hydrogen-bond donors (Lipinski definition) is 0. The first-order chi connectivity index (χ1) is 18.9. The van der Waals surface area contributed by atoms with Gasteiger partial charge in [-0.05, 0) is 22.3 Å². The monoisotopic (exact) mass is 506 g/mol. The number of ether oxygens (including phenoxy) is 4. The van der Waals surface area contributed by atoms with Gasteiger partial charge in [0.05, 0.1) is 39.0 Å². The van der Waals surface area contributed by atoms with Crippen molar-refractivity contribution >= 4 is 11.1 Å². The Balaban J connectivity index is 1.13. The fourth-order valence-electron chi connectivity index (χ4n) is 3.90. The molecule has 38 heavy (non-hydrogen) atoms. The molecule has 0 aliphatic carbocycles. The lowest BCUT2D eigenvalue weighted by Gasteiger charge is -2.10. The third kappa shape index (κ3) is 8.77. The van der Waals surface area contributed by atoms with Crippen LogP contribution in [0, 0.1) is 0 Å². The van der Waals surface area contributed by atoms with Gasteiger partial charge in [0.2, 0.25) is 0 Å².